The molecule has 0 aliphatic heterocycles. The number of carbonyl (C=O) groups is 1. The molecule has 0 bridgehead atoms. The lowest BCUT2D eigenvalue weighted by molar-refractivity contribution is 0.102. The molecule has 1 aromatic heterocycles. The Kier molecular flexibility index (Phi) is 5.66. The van der Waals surface area contributed by atoms with E-state index < -0.39 is 0 Å². The third-order valence-electron chi connectivity index (χ3n) is 4.10. The van der Waals surface area contributed by atoms with Gasteiger partial charge in [-0.15, -0.1) is 0 Å². The van der Waals surface area contributed by atoms with Crippen molar-refractivity contribution in [3.8, 4) is 0 Å². The van der Waals surface area contributed by atoms with Crippen LogP contribution in [0.15, 0.2) is 60.9 Å². The van der Waals surface area contributed by atoms with Crippen LogP contribution in [0.2, 0.25) is 0 Å². The molecule has 0 unspecified atom stereocenters. The number of amides is 1. The number of hydrogen-bond donors (Lipinski definition) is 2. The Hall–Kier alpha value is -3.41. The number of anilines is 3. The number of benzene rings is 2. The molecule has 0 spiro atoms. The molecule has 0 aliphatic carbocycles. The van der Waals surface area contributed by atoms with E-state index in [1.807, 2.05) is 55.4 Å². The fraction of sp³-hybridized carbons (Fsp3) is 0.190. The zero-order valence-corrected chi connectivity index (χ0v) is 15.7. The molecule has 138 valence electrons. The van der Waals surface area contributed by atoms with Crippen LogP contribution in [0.5, 0.6) is 0 Å². The average molecular weight is 361 g/mol. The highest BCUT2D eigenvalue weighted by Crippen LogP contribution is 2.16. The monoisotopic (exact) mass is 361 g/mol. The Balaban J connectivity index is 1.64. The largest absolute Gasteiger partial charge is 0.378 e. The molecular weight excluding hydrogens is 338 g/mol. The standard InChI is InChI=1S/C21H23N5O/c1-15-5-4-6-16(11-15)13-22-20-12-19(23-14-24-20)21(27)25-17-7-9-18(10-8-17)26(2)3/h4-12,14H,13H2,1-3H3,(H,25,27)(H,22,23,24). The van der Waals surface area contributed by atoms with E-state index in [-0.39, 0.29) is 5.91 Å². The van der Waals surface area contributed by atoms with Gasteiger partial charge in [-0.25, -0.2) is 9.97 Å². The van der Waals surface area contributed by atoms with Crippen LogP contribution in [-0.2, 0) is 6.54 Å². The summed E-state index contributed by atoms with van der Waals surface area (Å²) in [5.41, 5.74) is 4.46. The first-order valence-electron chi connectivity index (χ1n) is 8.71. The molecule has 6 nitrogen and oxygen atoms in total. The summed E-state index contributed by atoms with van der Waals surface area (Å²) in [6.45, 7) is 2.69. The second-order valence-electron chi connectivity index (χ2n) is 6.53. The summed E-state index contributed by atoms with van der Waals surface area (Å²) in [5.74, 6) is 0.341. The topological polar surface area (TPSA) is 70.2 Å². The van der Waals surface area contributed by atoms with Gasteiger partial charge < -0.3 is 15.5 Å². The average Bonchev–Trinajstić information content (AvgIpc) is 2.67. The van der Waals surface area contributed by atoms with Gasteiger partial charge in [0.05, 0.1) is 0 Å². The van der Waals surface area contributed by atoms with Crippen LogP contribution in [0, 0.1) is 6.92 Å². The van der Waals surface area contributed by atoms with Gasteiger partial charge in [0.1, 0.15) is 17.8 Å². The van der Waals surface area contributed by atoms with Crippen molar-refractivity contribution in [3.05, 3.63) is 77.7 Å². The third kappa shape index (κ3) is 5.04. The molecule has 6 heteroatoms. The SMILES string of the molecule is Cc1cccc(CNc2cc(C(=O)Nc3ccc(N(C)C)cc3)ncn2)c1. The molecule has 0 saturated carbocycles. The normalized spacial score (nSPS) is 10.3. The number of aryl methyl sites for hydroxylation is 1. The minimum absolute atomic E-state index is 0.270. The molecule has 0 atom stereocenters. The van der Waals surface area contributed by atoms with E-state index in [0.717, 1.165) is 16.9 Å². The Morgan fingerprint density at radius 2 is 1.81 bits per heavy atom. The first kappa shape index (κ1) is 18.4. The number of nitrogens with zero attached hydrogens (tertiary/aromatic N) is 3. The molecule has 2 N–H and O–H groups in total. The van der Waals surface area contributed by atoms with Gasteiger partial charge in [0.15, 0.2) is 0 Å². The van der Waals surface area contributed by atoms with Crippen molar-refractivity contribution in [2.75, 3.05) is 29.6 Å². The Morgan fingerprint density at radius 3 is 2.52 bits per heavy atom. The lowest BCUT2D eigenvalue weighted by Crippen LogP contribution is -2.15. The second-order valence-corrected chi connectivity index (χ2v) is 6.53. The second kappa shape index (κ2) is 8.31. The quantitative estimate of drug-likeness (QED) is 0.700. The fourth-order valence-electron chi connectivity index (χ4n) is 2.63. The lowest BCUT2D eigenvalue weighted by Gasteiger charge is -2.13. The van der Waals surface area contributed by atoms with Crippen molar-refractivity contribution in [1.82, 2.24) is 9.97 Å². The van der Waals surface area contributed by atoms with E-state index in [1.165, 1.54) is 11.9 Å². The molecule has 2 aromatic carbocycles. The first-order valence-corrected chi connectivity index (χ1v) is 8.71. The number of aromatic nitrogens is 2. The molecule has 0 radical (unpaired) electrons. The van der Waals surface area contributed by atoms with Gasteiger partial charge >= 0.3 is 0 Å². The highest BCUT2D eigenvalue weighted by molar-refractivity contribution is 6.03. The zero-order valence-electron chi connectivity index (χ0n) is 15.7. The van der Waals surface area contributed by atoms with Crippen molar-refractivity contribution in [2.45, 2.75) is 13.5 Å². The lowest BCUT2D eigenvalue weighted by atomic mass is 10.1. The Morgan fingerprint density at radius 1 is 1.04 bits per heavy atom. The van der Waals surface area contributed by atoms with E-state index in [1.54, 1.807) is 6.07 Å². The smallest absolute Gasteiger partial charge is 0.274 e. The first-order chi connectivity index (χ1) is 13.0. The number of carbonyl (C=O) groups excluding carboxylic acids is 1. The summed E-state index contributed by atoms with van der Waals surface area (Å²) >= 11 is 0. The van der Waals surface area contributed by atoms with Crippen LogP contribution >= 0.6 is 0 Å². The predicted octanol–water partition coefficient (Wildman–Crippen LogP) is 3.72. The maximum atomic E-state index is 12.5. The van der Waals surface area contributed by atoms with Gasteiger partial charge in [-0.3, -0.25) is 4.79 Å². The van der Waals surface area contributed by atoms with Crippen LogP contribution in [0.25, 0.3) is 0 Å². The molecule has 27 heavy (non-hydrogen) atoms. The van der Waals surface area contributed by atoms with Gasteiger partial charge in [-0.2, -0.15) is 0 Å². The van der Waals surface area contributed by atoms with Crippen molar-refractivity contribution >= 4 is 23.1 Å². The molecule has 1 heterocycles. The van der Waals surface area contributed by atoms with Gasteiger partial charge in [0.2, 0.25) is 0 Å². The summed E-state index contributed by atoms with van der Waals surface area (Å²) < 4.78 is 0. The minimum atomic E-state index is -0.270. The maximum Gasteiger partial charge on any atom is 0.274 e. The van der Waals surface area contributed by atoms with Crippen LogP contribution in [0.1, 0.15) is 21.6 Å². The van der Waals surface area contributed by atoms with Crippen molar-refractivity contribution < 1.29 is 4.79 Å². The number of rotatable bonds is 6. The maximum absolute atomic E-state index is 12.5. The number of nitrogens with one attached hydrogen (secondary N) is 2. The van der Waals surface area contributed by atoms with Crippen LogP contribution < -0.4 is 15.5 Å². The van der Waals surface area contributed by atoms with E-state index in [4.69, 9.17) is 0 Å². The third-order valence-corrected chi connectivity index (χ3v) is 4.10. The Bertz CT molecular complexity index is 922. The van der Waals surface area contributed by atoms with Crippen molar-refractivity contribution in [1.29, 1.82) is 0 Å². The summed E-state index contributed by atoms with van der Waals surface area (Å²) in [5, 5.41) is 6.09. The van der Waals surface area contributed by atoms with E-state index >= 15 is 0 Å². The molecule has 0 aliphatic rings. The van der Waals surface area contributed by atoms with Gasteiger partial charge in [-0.1, -0.05) is 29.8 Å². The fourth-order valence-corrected chi connectivity index (χ4v) is 2.63. The van der Waals surface area contributed by atoms with Gasteiger partial charge in [0.25, 0.3) is 5.91 Å². The van der Waals surface area contributed by atoms with E-state index in [2.05, 4.69) is 39.7 Å². The van der Waals surface area contributed by atoms with Gasteiger partial charge in [-0.05, 0) is 36.8 Å². The minimum Gasteiger partial charge on any atom is -0.378 e. The van der Waals surface area contributed by atoms with Crippen LogP contribution in [-0.4, -0.2) is 30.0 Å². The van der Waals surface area contributed by atoms with Crippen LogP contribution in [0.4, 0.5) is 17.2 Å². The highest BCUT2D eigenvalue weighted by Gasteiger charge is 2.09. The van der Waals surface area contributed by atoms with E-state index in [0.29, 0.717) is 18.1 Å². The summed E-state index contributed by atoms with van der Waals surface area (Å²) in [6.07, 6.45) is 1.39. The summed E-state index contributed by atoms with van der Waals surface area (Å²) in [4.78, 5) is 22.7. The molecule has 0 fully saturated rings. The molecule has 3 aromatic rings. The van der Waals surface area contributed by atoms with Crippen molar-refractivity contribution in [2.24, 2.45) is 0 Å². The van der Waals surface area contributed by atoms with Gasteiger partial charge in [0, 0.05) is 38.1 Å². The zero-order chi connectivity index (χ0) is 19.2. The highest BCUT2D eigenvalue weighted by atomic mass is 16.1. The summed E-state index contributed by atoms with van der Waals surface area (Å²) in [7, 11) is 3.94. The Labute approximate surface area is 159 Å². The molecule has 0 saturated heterocycles. The predicted molar refractivity (Wildman–Crippen MR) is 109 cm³/mol. The molecule has 3 rings (SSSR count). The summed E-state index contributed by atoms with van der Waals surface area (Å²) in [6, 6.07) is 17.5. The van der Waals surface area contributed by atoms with E-state index in [9.17, 15) is 4.79 Å². The molecule has 1 amide bonds. The van der Waals surface area contributed by atoms with Crippen LogP contribution in [0.3, 0.4) is 0 Å². The van der Waals surface area contributed by atoms with Crippen molar-refractivity contribution in [3.63, 3.8) is 0 Å². The molecular formula is C21H23N5O. The number of hydrogen-bond acceptors (Lipinski definition) is 5.